The second kappa shape index (κ2) is 6.71. The molecule has 20 heavy (non-hydrogen) atoms. The Bertz CT molecular complexity index is 600. The Morgan fingerprint density at radius 2 is 1.65 bits per heavy atom. The maximum absolute atomic E-state index is 6.14. The predicted octanol–water partition coefficient (Wildman–Crippen LogP) is 5.93. The molecule has 1 nitrogen and oxygen atoms in total. The van der Waals surface area contributed by atoms with E-state index in [1.165, 1.54) is 0 Å². The minimum atomic E-state index is 0.415. The summed E-state index contributed by atoms with van der Waals surface area (Å²) in [6.45, 7) is 4.45. The number of halogens is 3. The number of hydrogen-bond donors (Lipinski definition) is 0. The van der Waals surface area contributed by atoms with Crippen molar-refractivity contribution in [1.29, 1.82) is 0 Å². The van der Waals surface area contributed by atoms with Gasteiger partial charge in [-0.15, -0.1) is 11.6 Å². The van der Waals surface area contributed by atoms with E-state index in [4.69, 9.17) is 39.5 Å². The van der Waals surface area contributed by atoms with Gasteiger partial charge in [-0.05, 0) is 42.7 Å². The van der Waals surface area contributed by atoms with Crippen LogP contribution in [0, 0.1) is 13.8 Å². The standard InChI is InChI=1S/C16H15Cl3O/c1-10-5-12(8-17)6-11(2)16(10)20-9-13-3-4-14(18)7-15(13)19/h3-7H,8-9H2,1-2H3. The van der Waals surface area contributed by atoms with Gasteiger partial charge >= 0.3 is 0 Å². The largest absolute Gasteiger partial charge is 0.488 e. The van der Waals surface area contributed by atoms with Gasteiger partial charge in [0.15, 0.2) is 0 Å². The molecule has 0 radical (unpaired) electrons. The Labute approximate surface area is 134 Å². The van der Waals surface area contributed by atoms with Crippen LogP contribution in [0.25, 0.3) is 0 Å². The predicted molar refractivity (Wildman–Crippen MR) is 86.3 cm³/mol. The van der Waals surface area contributed by atoms with Crippen molar-refractivity contribution in [3.63, 3.8) is 0 Å². The van der Waals surface area contributed by atoms with Crippen LogP contribution in [-0.4, -0.2) is 0 Å². The van der Waals surface area contributed by atoms with Crippen LogP contribution in [0.4, 0.5) is 0 Å². The molecule has 0 aliphatic rings. The summed E-state index contributed by atoms with van der Waals surface area (Å²) < 4.78 is 5.90. The van der Waals surface area contributed by atoms with Crippen LogP contribution >= 0.6 is 34.8 Å². The minimum absolute atomic E-state index is 0.415. The molecule has 4 heteroatoms. The van der Waals surface area contributed by atoms with E-state index in [2.05, 4.69) is 0 Å². The number of ether oxygens (including phenoxy) is 1. The van der Waals surface area contributed by atoms with Gasteiger partial charge in [-0.25, -0.2) is 0 Å². The fraction of sp³-hybridized carbons (Fsp3) is 0.250. The first-order valence-corrected chi connectivity index (χ1v) is 7.53. The number of alkyl halides is 1. The molecular weight excluding hydrogens is 315 g/mol. The summed E-state index contributed by atoms with van der Waals surface area (Å²) in [5, 5.41) is 1.24. The zero-order valence-corrected chi connectivity index (χ0v) is 13.6. The number of aryl methyl sites for hydroxylation is 2. The van der Waals surface area contributed by atoms with E-state index in [1.807, 2.05) is 38.1 Å². The quantitative estimate of drug-likeness (QED) is 0.632. The van der Waals surface area contributed by atoms with Crippen LogP contribution < -0.4 is 4.74 Å². The maximum atomic E-state index is 6.14. The van der Waals surface area contributed by atoms with Crippen LogP contribution in [0.3, 0.4) is 0 Å². The Morgan fingerprint density at radius 3 is 2.20 bits per heavy atom. The maximum Gasteiger partial charge on any atom is 0.125 e. The molecule has 2 aromatic rings. The van der Waals surface area contributed by atoms with Crippen molar-refractivity contribution < 1.29 is 4.74 Å². The molecule has 0 bridgehead atoms. The van der Waals surface area contributed by atoms with E-state index in [0.29, 0.717) is 22.5 Å². The van der Waals surface area contributed by atoms with Crippen molar-refractivity contribution in [3.8, 4) is 5.75 Å². The molecule has 0 atom stereocenters. The lowest BCUT2D eigenvalue weighted by Gasteiger charge is -2.14. The first-order chi connectivity index (χ1) is 9.51. The fourth-order valence-corrected chi connectivity index (χ4v) is 2.75. The summed E-state index contributed by atoms with van der Waals surface area (Å²) >= 11 is 17.9. The van der Waals surface area contributed by atoms with E-state index in [-0.39, 0.29) is 0 Å². The Morgan fingerprint density at radius 1 is 1.00 bits per heavy atom. The van der Waals surface area contributed by atoms with E-state index in [1.54, 1.807) is 6.07 Å². The SMILES string of the molecule is Cc1cc(CCl)cc(C)c1OCc1ccc(Cl)cc1Cl. The summed E-state index contributed by atoms with van der Waals surface area (Å²) in [6, 6.07) is 9.49. The Hall–Kier alpha value is -0.890. The lowest BCUT2D eigenvalue weighted by molar-refractivity contribution is 0.302. The van der Waals surface area contributed by atoms with Gasteiger partial charge in [0.1, 0.15) is 12.4 Å². The molecule has 2 rings (SSSR count). The van der Waals surface area contributed by atoms with Crippen molar-refractivity contribution in [3.05, 3.63) is 62.6 Å². The van der Waals surface area contributed by atoms with Gasteiger partial charge in [-0.3, -0.25) is 0 Å². The average molecular weight is 330 g/mol. The molecule has 0 unspecified atom stereocenters. The molecule has 2 aromatic carbocycles. The monoisotopic (exact) mass is 328 g/mol. The van der Waals surface area contributed by atoms with Crippen LogP contribution in [0.5, 0.6) is 5.75 Å². The molecule has 0 heterocycles. The lowest BCUT2D eigenvalue weighted by Crippen LogP contribution is -2.00. The zero-order valence-electron chi connectivity index (χ0n) is 11.3. The third-order valence-corrected chi connectivity index (χ3v) is 3.96. The molecule has 0 saturated heterocycles. The highest BCUT2D eigenvalue weighted by Gasteiger charge is 2.08. The third kappa shape index (κ3) is 3.60. The summed E-state index contributed by atoms with van der Waals surface area (Å²) in [4.78, 5) is 0. The number of hydrogen-bond acceptors (Lipinski definition) is 1. The first-order valence-electron chi connectivity index (χ1n) is 6.24. The van der Waals surface area contributed by atoms with E-state index in [9.17, 15) is 0 Å². The minimum Gasteiger partial charge on any atom is -0.488 e. The second-order valence-electron chi connectivity index (χ2n) is 4.72. The summed E-state index contributed by atoms with van der Waals surface area (Å²) in [6.07, 6.45) is 0. The van der Waals surface area contributed by atoms with Crippen molar-refractivity contribution in [2.75, 3.05) is 0 Å². The van der Waals surface area contributed by atoms with Crippen LogP contribution in [0.15, 0.2) is 30.3 Å². The second-order valence-corrected chi connectivity index (χ2v) is 5.83. The molecular formula is C16H15Cl3O. The van der Waals surface area contributed by atoms with E-state index >= 15 is 0 Å². The van der Waals surface area contributed by atoms with Gasteiger partial charge in [-0.2, -0.15) is 0 Å². The molecule has 106 valence electrons. The van der Waals surface area contributed by atoms with Gasteiger partial charge < -0.3 is 4.74 Å². The first kappa shape index (κ1) is 15.5. The topological polar surface area (TPSA) is 9.23 Å². The van der Waals surface area contributed by atoms with Gasteiger partial charge in [0, 0.05) is 21.5 Å². The molecule has 0 aliphatic heterocycles. The molecule has 0 N–H and O–H groups in total. The summed E-state index contributed by atoms with van der Waals surface area (Å²) in [7, 11) is 0. The van der Waals surface area contributed by atoms with Gasteiger partial charge in [0.2, 0.25) is 0 Å². The number of rotatable bonds is 4. The summed E-state index contributed by atoms with van der Waals surface area (Å²) in [5.41, 5.74) is 4.16. The highest BCUT2D eigenvalue weighted by molar-refractivity contribution is 6.35. The highest BCUT2D eigenvalue weighted by Crippen LogP contribution is 2.28. The average Bonchev–Trinajstić information content (AvgIpc) is 2.39. The van der Waals surface area contributed by atoms with Crippen LogP contribution in [0.2, 0.25) is 10.0 Å². The normalized spacial score (nSPS) is 10.7. The number of benzene rings is 2. The van der Waals surface area contributed by atoms with Crippen LogP contribution in [0.1, 0.15) is 22.3 Å². The highest BCUT2D eigenvalue weighted by atomic mass is 35.5. The van der Waals surface area contributed by atoms with Crippen molar-refractivity contribution in [2.45, 2.75) is 26.3 Å². The Kier molecular flexibility index (Phi) is 5.20. The van der Waals surface area contributed by atoms with Crippen molar-refractivity contribution >= 4 is 34.8 Å². The molecule has 0 fully saturated rings. The van der Waals surface area contributed by atoms with E-state index in [0.717, 1.165) is 28.0 Å². The third-order valence-electron chi connectivity index (χ3n) is 3.06. The molecule has 0 saturated carbocycles. The van der Waals surface area contributed by atoms with Gasteiger partial charge in [0.25, 0.3) is 0 Å². The molecule has 0 aromatic heterocycles. The van der Waals surface area contributed by atoms with E-state index < -0.39 is 0 Å². The summed E-state index contributed by atoms with van der Waals surface area (Å²) in [5.74, 6) is 1.38. The molecule has 0 amide bonds. The molecule has 0 aliphatic carbocycles. The lowest BCUT2D eigenvalue weighted by atomic mass is 10.1. The van der Waals surface area contributed by atoms with Gasteiger partial charge in [0.05, 0.1) is 0 Å². The van der Waals surface area contributed by atoms with Crippen molar-refractivity contribution in [1.82, 2.24) is 0 Å². The smallest absolute Gasteiger partial charge is 0.125 e. The fourth-order valence-electron chi connectivity index (χ4n) is 2.13. The Balaban J connectivity index is 2.19. The van der Waals surface area contributed by atoms with Gasteiger partial charge in [-0.1, -0.05) is 41.4 Å². The van der Waals surface area contributed by atoms with Crippen molar-refractivity contribution in [2.24, 2.45) is 0 Å². The van der Waals surface area contributed by atoms with Crippen LogP contribution in [-0.2, 0) is 12.5 Å². The molecule has 0 spiro atoms. The zero-order chi connectivity index (χ0) is 14.7.